The summed E-state index contributed by atoms with van der Waals surface area (Å²) in [5, 5.41) is 20.8. The second-order valence-electron chi connectivity index (χ2n) is 4.87. The Morgan fingerprint density at radius 3 is 2.40 bits per heavy atom. The Morgan fingerprint density at radius 1 is 1.30 bits per heavy atom. The molecule has 1 aromatic rings. The van der Waals surface area contributed by atoms with Crippen LogP contribution in [0.5, 0.6) is 5.75 Å². The van der Waals surface area contributed by atoms with Crippen molar-refractivity contribution in [3.8, 4) is 5.75 Å². The van der Waals surface area contributed by atoms with Gasteiger partial charge in [-0.1, -0.05) is 19.1 Å². The number of nitrogens with two attached hydrogens (primary N) is 1. The first-order valence-electron chi connectivity index (χ1n) is 6.42. The number of hydrogen-bond donors (Lipinski definition) is 4. The van der Waals surface area contributed by atoms with Gasteiger partial charge in [0.1, 0.15) is 11.8 Å². The molecular weight excluding hydrogens is 260 g/mol. The minimum absolute atomic E-state index is 0.0121. The van der Waals surface area contributed by atoms with Crippen LogP contribution in [0.2, 0.25) is 0 Å². The van der Waals surface area contributed by atoms with Crippen molar-refractivity contribution in [3.05, 3.63) is 29.8 Å². The number of aliphatic carboxylic acids is 1. The van der Waals surface area contributed by atoms with Gasteiger partial charge < -0.3 is 21.3 Å². The third-order valence-corrected chi connectivity index (χ3v) is 2.95. The van der Waals surface area contributed by atoms with E-state index in [1.807, 2.05) is 6.92 Å². The summed E-state index contributed by atoms with van der Waals surface area (Å²) < 4.78 is 0. The predicted octanol–water partition coefficient (Wildman–Crippen LogP) is 0.489. The number of phenolic OH excluding ortho intramolecular Hbond substituents is 1. The quantitative estimate of drug-likeness (QED) is 0.580. The lowest BCUT2D eigenvalue weighted by molar-refractivity contribution is -0.141. The van der Waals surface area contributed by atoms with Crippen LogP contribution in [0, 0.1) is 5.92 Å². The largest absolute Gasteiger partial charge is 0.508 e. The number of carboxylic acid groups (broad SMARTS) is 1. The zero-order chi connectivity index (χ0) is 15.1. The van der Waals surface area contributed by atoms with Crippen molar-refractivity contribution in [2.75, 3.05) is 6.54 Å². The highest BCUT2D eigenvalue weighted by Gasteiger charge is 2.21. The van der Waals surface area contributed by atoms with E-state index >= 15 is 0 Å². The number of amides is 1. The van der Waals surface area contributed by atoms with Crippen molar-refractivity contribution in [2.24, 2.45) is 11.7 Å². The Balaban J connectivity index is 2.63. The van der Waals surface area contributed by atoms with Crippen LogP contribution in [0.1, 0.15) is 18.9 Å². The van der Waals surface area contributed by atoms with Gasteiger partial charge >= 0.3 is 5.97 Å². The fraction of sp³-hybridized carbons (Fsp3) is 0.429. The van der Waals surface area contributed by atoms with Crippen molar-refractivity contribution in [2.45, 2.75) is 25.8 Å². The topological polar surface area (TPSA) is 113 Å². The SMILES string of the molecule is CC(CN)CC(=O)N[C@@H](Cc1ccc(O)cc1)C(=O)O. The first-order chi connectivity index (χ1) is 9.42. The minimum atomic E-state index is -1.09. The summed E-state index contributed by atoms with van der Waals surface area (Å²) in [4.78, 5) is 22.9. The maximum absolute atomic E-state index is 11.7. The first-order valence-corrected chi connectivity index (χ1v) is 6.42. The molecule has 5 N–H and O–H groups in total. The van der Waals surface area contributed by atoms with Gasteiger partial charge in [-0.15, -0.1) is 0 Å². The Labute approximate surface area is 117 Å². The molecule has 20 heavy (non-hydrogen) atoms. The van der Waals surface area contributed by atoms with Crippen LogP contribution < -0.4 is 11.1 Å². The first kappa shape index (κ1) is 16.0. The fourth-order valence-electron chi connectivity index (χ4n) is 1.72. The van der Waals surface area contributed by atoms with Crippen molar-refractivity contribution in [1.29, 1.82) is 0 Å². The van der Waals surface area contributed by atoms with E-state index in [1.165, 1.54) is 12.1 Å². The molecule has 110 valence electrons. The average molecular weight is 280 g/mol. The lowest BCUT2D eigenvalue weighted by Crippen LogP contribution is -2.43. The van der Waals surface area contributed by atoms with E-state index < -0.39 is 12.0 Å². The molecule has 1 amide bonds. The molecule has 0 bridgehead atoms. The van der Waals surface area contributed by atoms with Crippen molar-refractivity contribution in [1.82, 2.24) is 5.32 Å². The molecule has 0 aromatic heterocycles. The molecule has 6 nitrogen and oxygen atoms in total. The van der Waals surface area contributed by atoms with E-state index in [-0.39, 0.29) is 30.4 Å². The summed E-state index contributed by atoms with van der Waals surface area (Å²) in [5.41, 5.74) is 6.15. The van der Waals surface area contributed by atoms with Crippen LogP contribution in [-0.4, -0.2) is 34.7 Å². The van der Waals surface area contributed by atoms with E-state index in [2.05, 4.69) is 5.32 Å². The normalized spacial score (nSPS) is 13.5. The molecule has 0 saturated carbocycles. The third-order valence-electron chi connectivity index (χ3n) is 2.95. The molecule has 0 radical (unpaired) electrons. The number of rotatable bonds is 7. The molecule has 0 aliphatic rings. The maximum Gasteiger partial charge on any atom is 0.326 e. The van der Waals surface area contributed by atoms with Gasteiger partial charge in [0.2, 0.25) is 5.91 Å². The van der Waals surface area contributed by atoms with Crippen molar-refractivity contribution < 1.29 is 19.8 Å². The standard InChI is InChI=1S/C14H20N2O4/c1-9(8-15)6-13(18)16-12(14(19)20)7-10-2-4-11(17)5-3-10/h2-5,9,12,17H,6-8,15H2,1H3,(H,16,18)(H,19,20)/t9?,12-/m0/s1. The number of benzene rings is 1. The Kier molecular flexibility index (Phi) is 5.99. The number of nitrogens with one attached hydrogen (secondary N) is 1. The van der Waals surface area contributed by atoms with Crippen LogP contribution in [0.25, 0.3) is 0 Å². The van der Waals surface area contributed by atoms with Crippen molar-refractivity contribution >= 4 is 11.9 Å². The second-order valence-corrected chi connectivity index (χ2v) is 4.87. The summed E-state index contributed by atoms with van der Waals surface area (Å²) >= 11 is 0. The van der Waals surface area contributed by atoms with E-state index in [0.717, 1.165) is 5.56 Å². The monoisotopic (exact) mass is 280 g/mol. The summed E-state index contributed by atoms with van der Waals surface area (Å²) in [5.74, 6) is -1.29. The fourth-order valence-corrected chi connectivity index (χ4v) is 1.72. The van der Waals surface area contributed by atoms with Crippen LogP contribution in [0.3, 0.4) is 0 Å². The van der Waals surface area contributed by atoms with Gasteiger partial charge in [-0.3, -0.25) is 4.79 Å². The maximum atomic E-state index is 11.7. The van der Waals surface area contributed by atoms with Gasteiger partial charge in [0.15, 0.2) is 0 Å². The minimum Gasteiger partial charge on any atom is -0.508 e. The number of phenols is 1. The number of carboxylic acids is 1. The molecular formula is C14H20N2O4. The lowest BCUT2D eigenvalue weighted by Gasteiger charge is -2.16. The molecule has 1 unspecified atom stereocenters. The summed E-state index contributed by atoms with van der Waals surface area (Å²) in [7, 11) is 0. The summed E-state index contributed by atoms with van der Waals surface area (Å²) in [6.07, 6.45) is 0.369. The van der Waals surface area contributed by atoms with Crippen LogP contribution in [-0.2, 0) is 16.0 Å². The molecule has 0 aliphatic carbocycles. The Morgan fingerprint density at radius 2 is 1.90 bits per heavy atom. The zero-order valence-corrected chi connectivity index (χ0v) is 11.4. The van der Waals surface area contributed by atoms with E-state index in [4.69, 9.17) is 10.8 Å². The number of aromatic hydroxyl groups is 1. The van der Waals surface area contributed by atoms with Gasteiger partial charge in [0.05, 0.1) is 0 Å². The van der Waals surface area contributed by atoms with E-state index in [0.29, 0.717) is 6.54 Å². The summed E-state index contributed by atoms with van der Waals surface area (Å²) in [6.45, 7) is 2.21. The van der Waals surface area contributed by atoms with E-state index in [9.17, 15) is 14.7 Å². The molecule has 6 heteroatoms. The van der Waals surface area contributed by atoms with Crippen LogP contribution in [0.4, 0.5) is 0 Å². The molecule has 1 rings (SSSR count). The van der Waals surface area contributed by atoms with Gasteiger partial charge in [0, 0.05) is 12.8 Å². The highest BCUT2D eigenvalue weighted by Crippen LogP contribution is 2.11. The van der Waals surface area contributed by atoms with Crippen molar-refractivity contribution in [3.63, 3.8) is 0 Å². The predicted molar refractivity (Wildman–Crippen MR) is 74.2 cm³/mol. The lowest BCUT2D eigenvalue weighted by atomic mass is 10.0. The molecule has 2 atom stereocenters. The smallest absolute Gasteiger partial charge is 0.326 e. The second kappa shape index (κ2) is 7.49. The van der Waals surface area contributed by atoms with E-state index in [1.54, 1.807) is 12.1 Å². The number of hydrogen-bond acceptors (Lipinski definition) is 4. The van der Waals surface area contributed by atoms with Gasteiger partial charge in [-0.2, -0.15) is 0 Å². The van der Waals surface area contributed by atoms with Gasteiger partial charge in [0.25, 0.3) is 0 Å². The number of carbonyl (C=O) groups excluding carboxylic acids is 1. The Bertz CT molecular complexity index is 459. The molecule has 0 spiro atoms. The highest BCUT2D eigenvalue weighted by atomic mass is 16.4. The molecule has 1 aromatic carbocycles. The third kappa shape index (κ3) is 5.27. The van der Waals surface area contributed by atoms with Gasteiger partial charge in [-0.25, -0.2) is 4.79 Å². The molecule has 0 heterocycles. The zero-order valence-electron chi connectivity index (χ0n) is 11.4. The summed E-state index contributed by atoms with van der Waals surface area (Å²) in [6, 6.07) is 5.22. The Hall–Kier alpha value is -2.08. The molecule has 0 saturated heterocycles. The molecule has 0 aliphatic heterocycles. The average Bonchev–Trinajstić information content (AvgIpc) is 2.40. The molecule has 0 fully saturated rings. The highest BCUT2D eigenvalue weighted by molar-refractivity contribution is 5.83. The number of carbonyl (C=O) groups is 2. The van der Waals surface area contributed by atoms with Crippen LogP contribution >= 0.6 is 0 Å². The van der Waals surface area contributed by atoms with Crippen LogP contribution in [0.15, 0.2) is 24.3 Å². The van der Waals surface area contributed by atoms with Gasteiger partial charge in [-0.05, 0) is 30.2 Å².